The van der Waals surface area contributed by atoms with Crippen molar-refractivity contribution in [2.75, 3.05) is 18.4 Å². The number of carbonyl (C=O) groups excluding carboxylic acids is 3. The summed E-state index contributed by atoms with van der Waals surface area (Å²) >= 11 is 0. The maximum Gasteiger partial charge on any atom is 0.237 e. The van der Waals surface area contributed by atoms with E-state index in [0.29, 0.717) is 13.0 Å². The largest absolute Gasteiger partial charge is 0.356 e. The Balaban J connectivity index is 1.73. The average molecular weight is 381 g/mol. The quantitative estimate of drug-likeness (QED) is 0.829. The fraction of sp³-hybridized carbons (Fsp3) is 0.400. The molecule has 2 aliphatic heterocycles. The highest BCUT2D eigenvalue weighted by molar-refractivity contribution is 6.07. The van der Waals surface area contributed by atoms with E-state index >= 15 is 0 Å². The van der Waals surface area contributed by atoms with Gasteiger partial charge in [0.1, 0.15) is 5.41 Å². The van der Waals surface area contributed by atoms with E-state index in [-0.39, 0.29) is 30.7 Å². The summed E-state index contributed by atoms with van der Waals surface area (Å²) < 4.78 is 1.68. The summed E-state index contributed by atoms with van der Waals surface area (Å²) in [5.74, 6) is -0.338. The monoisotopic (exact) mass is 381 g/mol. The van der Waals surface area contributed by atoms with Crippen LogP contribution in [0.25, 0.3) is 0 Å². The number of para-hydroxylation sites is 1. The normalized spacial score (nSPS) is 23.0. The molecule has 8 nitrogen and oxygen atoms in total. The number of aromatic nitrogens is 2. The van der Waals surface area contributed by atoms with Crippen LogP contribution in [-0.4, -0.2) is 45.5 Å². The lowest BCUT2D eigenvalue weighted by molar-refractivity contribution is -0.133. The number of benzene rings is 1. The molecule has 1 spiro atoms. The number of carbonyl (C=O) groups is 3. The Kier molecular flexibility index (Phi) is 4.41. The van der Waals surface area contributed by atoms with Crippen LogP contribution in [0.3, 0.4) is 0 Å². The Morgan fingerprint density at radius 3 is 2.86 bits per heavy atom. The maximum absolute atomic E-state index is 13.2. The molecule has 1 aromatic heterocycles. The minimum Gasteiger partial charge on any atom is -0.356 e. The number of rotatable bonds is 4. The lowest BCUT2D eigenvalue weighted by Crippen LogP contribution is -2.43. The molecule has 0 aliphatic carbocycles. The molecular weight excluding hydrogens is 358 g/mol. The zero-order chi connectivity index (χ0) is 19.9. The van der Waals surface area contributed by atoms with Gasteiger partial charge >= 0.3 is 0 Å². The van der Waals surface area contributed by atoms with Crippen molar-refractivity contribution in [3.8, 4) is 0 Å². The first-order valence-corrected chi connectivity index (χ1v) is 9.37. The lowest BCUT2D eigenvalue weighted by Gasteiger charge is -2.33. The Labute approximate surface area is 162 Å². The summed E-state index contributed by atoms with van der Waals surface area (Å²) in [7, 11) is 1.82. The lowest BCUT2D eigenvalue weighted by atomic mass is 9.73. The van der Waals surface area contributed by atoms with Gasteiger partial charge in [-0.3, -0.25) is 19.1 Å². The molecule has 3 amide bonds. The predicted octanol–water partition coefficient (Wildman–Crippen LogP) is 1.11. The third-order valence-electron chi connectivity index (χ3n) is 5.66. The van der Waals surface area contributed by atoms with Gasteiger partial charge in [0.2, 0.25) is 17.7 Å². The third kappa shape index (κ3) is 2.76. The molecule has 1 aromatic carbocycles. The number of likely N-dealkylation sites (tertiary alicyclic amines) is 1. The van der Waals surface area contributed by atoms with Crippen LogP contribution in [0.1, 0.15) is 36.9 Å². The van der Waals surface area contributed by atoms with Crippen LogP contribution in [0, 0.1) is 0 Å². The number of aryl methyl sites for hydroxylation is 1. The Morgan fingerprint density at radius 1 is 1.36 bits per heavy atom. The van der Waals surface area contributed by atoms with Crippen LogP contribution < -0.4 is 10.6 Å². The van der Waals surface area contributed by atoms with Crippen molar-refractivity contribution >= 4 is 23.4 Å². The molecule has 8 heteroatoms. The molecule has 1 fully saturated rings. The van der Waals surface area contributed by atoms with Gasteiger partial charge < -0.3 is 15.5 Å². The summed E-state index contributed by atoms with van der Waals surface area (Å²) in [4.78, 5) is 39.1. The van der Waals surface area contributed by atoms with Gasteiger partial charge in [-0.2, -0.15) is 5.10 Å². The molecule has 3 heterocycles. The number of nitrogens with zero attached hydrogens (tertiary/aromatic N) is 3. The Hall–Kier alpha value is -3.16. The summed E-state index contributed by atoms with van der Waals surface area (Å²) in [6.45, 7) is 2.17. The van der Waals surface area contributed by atoms with Gasteiger partial charge in [0.25, 0.3) is 0 Å². The number of fused-ring (bicyclic) bond motifs is 2. The van der Waals surface area contributed by atoms with Crippen LogP contribution in [0.15, 0.2) is 36.7 Å². The second-order valence-electron chi connectivity index (χ2n) is 7.39. The van der Waals surface area contributed by atoms with Gasteiger partial charge in [-0.25, -0.2) is 0 Å². The van der Waals surface area contributed by atoms with Crippen molar-refractivity contribution in [3.63, 3.8) is 0 Å². The maximum atomic E-state index is 13.2. The zero-order valence-electron chi connectivity index (χ0n) is 15.9. The van der Waals surface area contributed by atoms with Crippen LogP contribution >= 0.6 is 0 Å². The van der Waals surface area contributed by atoms with E-state index in [0.717, 1.165) is 16.8 Å². The average Bonchev–Trinajstić information content (AvgIpc) is 3.32. The standard InChI is InChI=1S/C20H23N5O3/c1-13(26)21-9-7-17(27)25-10-8-20(18(25)14-11-22-24(2)12-14)15-5-3-4-6-16(15)23-19(20)28/h3-6,11-12,18H,7-10H2,1-2H3,(H,21,26)(H,23,28). The summed E-state index contributed by atoms with van der Waals surface area (Å²) in [6, 6.07) is 7.23. The molecule has 146 valence electrons. The molecule has 2 N–H and O–H groups in total. The highest BCUT2D eigenvalue weighted by atomic mass is 16.2. The van der Waals surface area contributed by atoms with Gasteiger partial charge in [0.15, 0.2) is 0 Å². The van der Waals surface area contributed by atoms with Crippen molar-refractivity contribution < 1.29 is 14.4 Å². The predicted molar refractivity (Wildman–Crippen MR) is 102 cm³/mol. The third-order valence-corrected chi connectivity index (χ3v) is 5.66. The number of hydrogen-bond donors (Lipinski definition) is 2. The van der Waals surface area contributed by atoms with Crippen molar-refractivity contribution in [1.29, 1.82) is 0 Å². The fourth-order valence-corrected chi connectivity index (χ4v) is 4.49. The van der Waals surface area contributed by atoms with Crippen LogP contribution in [0.4, 0.5) is 5.69 Å². The van der Waals surface area contributed by atoms with E-state index in [4.69, 9.17) is 0 Å². The van der Waals surface area contributed by atoms with Crippen LogP contribution in [0.2, 0.25) is 0 Å². The van der Waals surface area contributed by atoms with Gasteiger partial charge in [0, 0.05) is 50.9 Å². The molecule has 2 aromatic rings. The van der Waals surface area contributed by atoms with E-state index in [9.17, 15) is 14.4 Å². The molecule has 2 unspecified atom stereocenters. The molecule has 1 saturated heterocycles. The van der Waals surface area contributed by atoms with Crippen LogP contribution in [-0.2, 0) is 26.8 Å². The van der Waals surface area contributed by atoms with E-state index in [1.807, 2.05) is 37.5 Å². The second kappa shape index (κ2) is 6.78. The Morgan fingerprint density at radius 2 is 2.14 bits per heavy atom. The Bertz CT molecular complexity index is 953. The molecule has 28 heavy (non-hydrogen) atoms. The number of hydrogen-bond acceptors (Lipinski definition) is 4. The minimum absolute atomic E-state index is 0.0836. The first-order valence-electron chi connectivity index (χ1n) is 9.37. The zero-order valence-corrected chi connectivity index (χ0v) is 15.9. The number of nitrogens with one attached hydrogen (secondary N) is 2. The topological polar surface area (TPSA) is 96.3 Å². The van der Waals surface area contributed by atoms with Crippen molar-refractivity contribution in [2.24, 2.45) is 7.05 Å². The first-order chi connectivity index (χ1) is 13.4. The smallest absolute Gasteiger partial charge is 0.237 e. The second-order valence-corrected chi connectivity index (χ2v) is 7.39. The molecule has 2 aliphatic rings. The summed E-state index contributed by atoms with van der Waals surface area (Å²) in [6.07, 6.45) is 4.32. The van der Waals surface area contributed by atoms with Crippen molar-refractivity contribution in [2.45, 2.75) is 31.2 Å². The highest BCUT2D eigenvalue weighted by Gasteiger charge is 2.59. The van der Waals surface area contributed by atoms with Gasteiger partial charge in [0.05, 0.1) is 12.2 Å². The van der Waals surface area contributed by atoms with Crippen LogP contribution in [0.5, 0.6) is 0 Å². The molecular formula is C20H23N5O3. The SMILES string of the molecule is CC(=O)NCCC(=O)N1CCC2(C(=O)Nc3ccccc32)C1c1cnn(C)c1. The molecule has 2 atom stereocenters. The minimum atomic E-state index is -0.830. The van der Waals surface area contributed by atoms with Gasteiger partial charge in [-0.1, -0.05) is 18.2 Å². The number of amides is 3. The van der Waals surface area contributed by atoms with E-state index in [1.54, 1.807) is 15.8 Å². The summed E-state index contributed by atoms with van der Waals surface area (Å²) in [5, 5.41) is 9.92. The molecule has 0 bridgehead atoms. The van der Waals surface area contributed by atoms with Gasteiger partial charge in [-0.15, -0.1) is 0 Å². The number of anilines is 1. The van der Waals surface area contributed by atoms with Crippen molar-refractivity contribution in [3.05, 3.63) is 47.8 Å². The van der Waals surface area contributed by atoms with E-state index in [1.165, 1.54) is 6.92 Å². The van der Waals surface area contributed by atoms with E-state index < -0.39 is 11.5 Å². The fourth-order valence-electron chi connectivity index (χ4n) is 4.49. The van der Waals surface area contributed by atoms with Gasteiger partial charge in [-0.05, 0) is 18.1 Å². The molecule has 0 saturated carbocycles. The first kappa shape index (κ1) is 18.2. The van der Waals surface area contributed by atoms with E-state index in [2.05, 4.69) is 15.7 Å². The highest BCUT2D eigenvalue weighted by Crippen LogP contribution is 2.54. The van der Waals surface area contributed by atoms with Crippen molar-refractivity contribution in [1.82, 2.24) is 20.0 Å². The molecule has 0 radical (unpaired) electrons. The summed E-state index contributed by atoms with van der Waals surface area (Å²) in [5.41, 5.74) is 1.73. The molecule has 4 rings (SSSR count).